The summed E-state index contributed by atoms with van der Waals surface area (Å²) in [5.74, 6) is -1.03. The standard InChI is InChI=1S/C9H7Cl2FO/c1-5-2-6(12)3-7(9(5)11)8(13)4-10/h2-3H,4H2,1H3. The molecule has 1 nitrogen and oxygen atoms in total. The summed E-state index contributed by atoms with van der Waals surface area (Å²) < 4.78 is 12.9. The third-order valence-corrected chi connectivity index (χ3v) is 2.39. The first-order valence-corrected chi connectivity index (χ1v) is 4.52. The lowest BCUT2D eigenvalue weighted by molar-refractivity contribution is 0.102. The van der Waals surface area contributed by atoms with Gasteiger partial charge in [0.05, 0.1) is 10.9 Å². The van der Waals surface area contributed by atoms with Crippen molar-refractivity contribution in [3.05, 3.63) is 34.1 Å². The second-order valence-corrected chi connectivity index (χ2v) is 3.29. The van der Waals surface area contributed by atoms with Gasteiger partial charge < -0.3 is 0 Å². The molecule has 0 aliphatic heterocycles. The normalized spacial score (nSPS) is 10.2. The zero-order valence-corrected chi connectivity index (χ0v) is 8.42. The number of benzene rings is 1. The summed E-state index contributed by atoms with van der Waals surface area (Å²) in [5, 5.41) is 0.270. The van der Waals surface area contributed by atoms with Gasteiger partial charge in [-0.25, -0.2) is 4.39 Å². The number of hydrogen-bond donors (Lipinski definition) is 0. The minimum Gasteiger partial charge on any atom is -0.293 e. The third-order valence-electron chi connectivity index (χ3n) is 1.64. The molecular formula is C9H7Cl2FO. The van der Waals surface area contributed by atoms with Crippen LogP contribution in [0.2, 0.25) is 5.02 Å². The minimum atomic E-state index is -0.477. The maximum absolute atomic E-state index is 12.9. The summed E-state index contributed by atoms with van der Waals surface area (Å²) in [6, 6.07) is 2.37. The first-order chi connectivity index (χ1) is 6.06. The Labute approximate surface area is 85.5 Å². The number of Topliss-reactive ketones (excluding diaryl/α,β-unsaturated/α-hetero) is 1. The van der Waals surface area contributed by atoms with E-state index >= 15 is 0 Å². The van der Waals surface area contributed by atoms with Gasteiger partial charge in [-0.15, -0.1) is 11.6 Å². The third kappa shape index (κ3) is 2.20. The van der Waals surface area contributed by atoms with Crippen LogP contribution in [-0.4, -0.2) is 11.7 Å². The van der Waals surface area contributed by atoms with Crippen LogP contribution in [0.25, 0.3) is 0 Å². The highest BCUT2D eigenvalue weighted by molar-refractivity contribution is 6.37. The van der Waals surface area contributed by atoms with Crippen LogP contribution in [-0.2, 0) is 0 Å². The minimum absolute atomic E-state index is 0.147. The highest BCUT2D eigenvalue weighted by Crippen LogP contribution is 2.22. The predicted molar refractivity (Wildman–Crippen MR) is 51.2 cm³/mol. The number of halogens is 3. The van der Waals surface area contributed by atoms with Gasteiger partial charge in [0, 0.05) is 5.56 Å². The molecule has 4 heteroatoms. The molecule has 13 heavy (non-hydrogen) atoms. The molecule has 1 aromatic rings. The van der Waals surface area contributed by atoms with Crippen molar-refractivity contribution in [2.75, 3.05) is 5.88 Å². The average Bonchev–Trinajstić information content (AvgIpc) is 2.10. The Morgan fingerprint density at radius 2 is 2.15 bits per heavy atom. The van der Waals surface area contributed by atoms with Crippen molar-refractivity contribution < 1.29 is 9.18 Å². The molecule has 0 aliphatic rings. The van der Waals surface area contributed by atoms with Crippen LogP contribution in [0.4, 0.5) is 4.39 Å². The summed E-state index contributed by atoms with van der Waals surface area (Å²) in [7, 11) is 0. The van der Waals surface area contributed by atoms with E-state index in [0.29, 0.717) is 5.56 Å². The molecule has 0 fully saturated rings. The molecule has 0 bridgehead atoms. The van der Waals surface area contributed by atoms with E-state index in [2.05, 4.69) is 0 Å². The molecule has 1 rings (SSSR count). The van der Waals surface area contributed by atoms with Gasteiger partial charge in [-0.1, -0.05) is 11.6 Å². The largest absolute Gasteiger partial charge is 0.293 e. The SMILES string of the molecule is Cc1cc(F)cc(C(=O)CCl)c1Cl. The molecule has 0 aliphatic carbocycles. The van der Waals surface area contributed by atoms with E-state index < -0.39 is 5.82 Å². The molecule has 0 radical (unpaired) electrons. The zero-order chi connectivity index (χ0) is 10.0. The molecule has 1 aromatic carbocycles. The Morgan fingerprint density at radius 1 is 1.54 bits per heavy atom. The summed E-state index contributed by atoms with van der Waals surface area (Å²) >= 11 is 11.1. The lowest BCUT2D eigenvalue weighted by Gasteiger charge is -2.04. The number of aryl methyl sites for hydroxylation is 1. The smallest absolute Gasteiger partial charge is 0.179 e. The van der Waals surface area contributed by atoms with Gasteiger partial charge in [0.25, 0.3) is 0 Å². The van der Waals surface area contributed by atoms with Crippen LogP contribution >= 0.6 is 23.2 Å². The van der Waals surface area contributed by atoms with Crippen LogP contribution < -0.4 is 0 Å². The summed E-state index contributed by atoms with van der Waals surface area (Å²) in [6.07, 6.45) is 0. The zero-order valence-electron chi connectivity index (χ0n) is 6.90. The molecule has 0 saturated carbocycles. The lowest BCUT2D eigenvalue weighted by Crippen LogP contribution is -2.03. The van der Waals surface area contributed by atoms with Crippen molar-refractivity contribution in [1.82, 2.24) is 0 Å². The van der Waals surface area contributed by atoms with Crippen molar-refractivity contribution in [3.8, 4) is 0 Å². The molecule has 0 atom stereocenters. The van der Waals surface area contributed by atoms with Crippen LogP contribution in [0.15, 0.2) is 12.1 Å². The van der Waals surface area contributed by atoms with E-state index in [1.54, 1.807) is 6.92 Å². The number of hydrogen-bond acceptors (Lipinski definition) is 1. The van der Waals surface area contributed by atoms with E-state index in [1.165, 1.54) is 6.07 Å². The fraction of sp³-hybridized carbons (Fsp3) is 0.222. The van der Waals surface area contributed by atoms with Gasteiger partial charge in [0.2, 0.25) is 0 Å². The predicted octanol–water partition coefficient (Wildman–Crippen LogP) is 3.21. The summed E-state index contributed by atoms with van der Waals surface area (Å²) in [4.78, 5) is 11.2. The molecule has 0 N–H and O–H groups in total. The van der Waals surface area contributed by atoms with E-state index in [4.69, 9.17) is 23.2 Å². The van der Waals surface area contributed by atoms with Gasteiger partial charge in [-0.05, 0) is 24.6 Å². The van der Waals surface area contributed by atoms with Crippen LogP contribution in [0.3, 0.4) is 0 Å². The Morgan fingerprint density at radius 3 is 2.69 bits per heavy atom. The average molecular weight is 221 g/mol. The van der Waals surface area contributed by atoms with Gasteiger partial charge in [0.1, 0.15) is 5.82 Å². The molecule has 0 amide bonds. The van der Waals surface area contributed by atoms with E-state index in [9.17, 15) is 9.18 Å². The van der Waals surface area contributed by atoms with Crippen molar-refractivity contribution in [3.63, 3.8) is 0 Å². The fourth-order valence-corrected chi connectivity index (χ4v) is 1.36. The Kier molecular flexibility index (Phi) is 3.28. The molecule has 70 valence electrons. The summed E-state index contributed by atoms with van der Waals surface area (Å²) in [5.41, 5.74) is 0.685. The van der Waals surface area contributed by atoms with Crippen molar-refractivity contribution in [2.45, 2.75) is 6.92 Å². The molecule has 0 spiro atoms. The lowest BCUT2D eigenvalue weighted by atomic mass is 10.1. The Balaban J connectivity index is 3.28. The number of carbonyl (C=O) groups excluding carboxylic acids is 1. The van der Waals surface area contributed by atoms with Gasteiger partial charge in [0.15, 0.2) is 5.78 Å². The Hall–Kier alpha value is -0.600. The maximum atomic E-state index is 12.9. The fourth-order valence-electron chi connectivity index (χ4n) is 1.00. The first kappa shape index (κ1) is 10.5. The molecule has 0 heterocycles. The van der Waals surface area contributed by atoms with Crippen molar-refractivity contribution >= 4 is 29.0 Å². The highest BCUT2D eigenvalue weighted by Gasteiger charge is 2.12. The maximum Gasteiger partial charge on any atom is 0.179 e. The monoisotopic (exact) mass is 220 g/mol. The van der Waals surface area contributed by atoms with E-state index in [-0.39, 0.29) is 22.2 Å². The van der Waals surface area contributed by atoms with E-state index in [0.717, 1.165) is 6.07 Å². The number of ketones is 1. The van der Waals surface area contributed by atoms with E-state index in [1.807, 2.05) is 0 Å². The summed E-state index contributed by atoms with van der Waals surface area (Å²) in [6.45, 7) is 1.64. The Bertz CT molecular complexity index is 350. The van der Waals surface area contributed by atoms with Crippen LogP contribution in [0, 0.1) is 12.7 Å². The number of alkyl halides is 1. The van der Waals surface area contributed by atoms with Gasteiger partial charge in [-0.3, -0.25) is 4.79 Å². The second kappa shape index (κ2) is 4.07. The molecule has 0 unspecified atom stereocenters. The van der Waals surface area contributed by atoms with Crippen molar-refractivity contribution in [2.24, 2.45) is 0 Å². The van der Waals surface area contributed by atoms with Crippen LogP contribution in [0.5, 0.6) is 0 Å². The first-order valence-electron chi connectivity index (χ1n) is 3.61. The second-order valence-electron chi connectivity index (χ2n) is 2.64. The topological polar surface area (TPSA) is 17.1 Å². The van der Waals surface area contributed by atoms with Crippen molar-refractivity contribution in [1.29, 1.82) is 0 Å². The highest BCUT2D eigenvalue weighted by atomic mass is 35.5. The molecule has 0 saturated heterocycles. The van der Waals surface area contributed by atoms with Gasteiger partial charge in [-0.2, -0.15) is 0 Å². The van der Waals surface area contributed by atoms with Gasteiger partial charge >= 0.3 is 0 Å². The number of rotatable bonds is 2. The quantitative estimate of drug-likeness (QED) is 0.553. The molecular weight excluding hydrogens is 214 g/mol. The molecule has 0 aromatic heterocycles. The van der Waals surface area contributed by atoms with Crippen LogP contribution in [0.1, 0.15) is 15.9 Å². The number of carbonyl (C=O) groups is 1.